The predicted octanol–water partition coefficient (Wildman–Crippen LogP) is 1.46. The number of rotatable bonds is 7. The lowest BCUT2D eigenvalue weighted by molar-refractivity contribution is -0.122. The molecule has 1 N–H and O–H groups in total. The number of carbonyl (C=O) groups excluding carboxylic acids is 1. The Morgan fingerprint density at radius 1 is 1.50 bits per heavy atom. The minimum atomic E-state index is -0.0958. The topological polar surface area (TPSA) is 78.3 Å². The molecule has 0 aliphatic carbocycles. The third-order valence-electron chi connectivity index (χ3n) is 3.82. The molecule has 0 spiro atoms. The van der Waals surface area contributed by atoms with Crippen molar-refractivity contribution in [1.29, 1.82) is 0 Å². The lowest BCUT2D eigenvalue weighted by Gasteiger charge is -2.10. The van der Waals surface area contributed by atoms with Gasteiger partial charge in [-0.2, -0.15) is 0 Å². The van der Waals surface area contributed by atoms with Gasteiger partial charge in [-0.3, -0.25) is 4.79 Å². The molecule has 1 unspecified atom stereocenters. The summed E-state index contributed by atoms with van der Waals surface area (Å²) in [6.45, 7) is 3.81. The van der Waals surface area contributed by atoms with Gasteiger partial charge in [0.2, 0.25) is 5.91 Å². The van der Waals surface area contributed by atoms with Crippen molar-refractivity contribution in [1.82, 2.24) is 20.3 Å². The van der Waals surface area contributed by atoms with E-state index in [1.54, 1.807) is 6.20 Å². The number of benzene rings is 1. The minimum absolute atomic E-state index is 0.0958. The number of carbonyl (C=O) groups is 1. The summed E-state index contributed by atoms with van der Waals surface area (Å²) >= 11 is 0. The second-order valence-electron chi connectivity index (χ2n) is 5.95. The SMILES string of the molecule is Cc1cccc(OCc2cn(CC(=O)NCC3CCCO3)nn2)c1. The van der Waals surface area contributed by atoms with Gasteiger partial charge >= 0.3 is 0 Å². The first kappa shape index (κ1) is 16.4. The molecule has 1 fully saturated rings. The first-order chi connectivity index (χ1) is 11.7. The van der Waals surface area contributed by atoms with Gasteiger partial charge in [0.15, 0.2) is 0 Å². The minimum Gasteiger partial charge on any atom is -0.487 e. The number of ether oxygens (including phenoxy) is 2. The fourth-order valence-corrected chi connectivity index (χ4v) is 2.58. The Labute approximate surface area is 141 Å². The maximum Gasteiger partial charge on any atom is 0.241 e. The molecule has 7 heteroatoms. The number of hydrogen-bond acceptors (Lipinski definition) is 5. The van der Waals surface area contributed by atoms with Crippen LogP contribution in [-0.4, -0.2) is 40.2 Å². The summed E-state index contributed by atoms with van der Waals surface area (Å²) in [6, 6.07) is 7.82. The van der Waals surface area contributed by atoms with E-state index in [1.807, 2.05) is 31.2 Å². The van der Waals surface area contributed by atoms with Gasteiger partial charge < -0.3 is 14.8 Å². The monoisotopic (exact) mass is 330 g/mol. The standard InChI is InChI=1S/C17H22N4O3/c1-13-4-2-5-15(8-13)24-12-14-10-21(20-19-14)11-17(22)18-9-16-6-3-7-23-16/h2,4-5,8,10,16H,3,6-7,9,11-12H2,1H3,(H,18,22). The van der Waals surface area contributed by atoms with E-state index in [-0.39, 0.29) is 18.6 Å². The summed E-state index contributed by atoms with van der Waals surface area (Å²) in [7, 11) is 0. The van der Waals surface area contributed by atoms with Crippen molar-refractivity contribution in [3.63, 3.8) is 0 Å². The van der Waals surface area contributed by atoms with Crippen molar-refractivity contribution in [2.75, 3.05) is 13.2 Å². The molecule has 1 aliphatic heterocycles. The highest BCUT2D eigenvalue weighted by atomic mass is 16.5. The van der Waals surface area contributed by atoms with Crippen LogP contribution in [0.15, 0.2) is 30.5 Å². The Morgan fingerprint density at radius 2 is 2.42 bits per heavy atom. The third kappa shape index (κ3) is 4.79. The maximum atomic E-state index is 11.9. The van der Waals surface area contributed by atoms with Crippen molar-refractivity contribution < 1.29 is 14.3 Å². The first-order valence-electron chi connectivity index (χ1n) is 8.16. The normalized spacial score (nSPS) is 17.0. The van der Waals surface area contributed by atoms with E-state index in [4.69, 9.17) is 9.47 Å². The largest absolute Gasteiger partial charge is 0.487 e. The molecular formula is C17H22N4O3. The highest BCUT2D eigenvalue weighted by molar-refractivity contribution is 5.75. The number of nitrogens with one attached hydrogen (secondary N) is 1. The Bertz CT molecular complexity index is 680. The summed E-state index contributed by atoms with van der Waals surface area (Å²) in [5.41, 5.74) is 1.82. The zero-order chi connectivity index (χ0) is 16.8. The molecule has 2 heterocycles. The van der Waals surface area contributed by atoms with Crippen molar-refractivity contribution in [2.24, 2.45) is 0 Å². The van der Waals surface area contributed by atoms with Gasteiger partial charge in [0.05, 0.1) is 12.3 Å². The lowest BCUT2D eigenvalue weighted by atomic mass is 10.2. The predicted molar refractivity (Wildman–Crippen MR) is 87.5 cm³/mol. The van der Waals surface area contributed by atoms with E-state index in [0.29, 0.717) is 18.8 Å². The van der Waals surface area contributed by atoms with Crippen molar-refractivity contribution in [2.45, 2.75) is 39.0 Å². The Hall–Kier alpha value is -2.41. The van der Waals surface area contributed by atoms with Crippen LogP contribution in [0.2, 0.25) is 0 Å². The van der Waals surface area contributed by atoms with Crippen molar-refractivity contribution in [3.05, 3.63) is 41.7 Å². The fourth-order valence-electron chi connectivity index (χ4n) is 2.58. The molecule has 3 rings (SSSR count). The Kier molecular flexibility index (Phi) is 5.43. The van der Waals surface area contributed by atoms with E-state index < -0.39 is 0 Å². The van der Waals surface area contributed by atoms with Gasteiger partial charge in [0.25, 0.3) is 0 Å². The molecule has 1 aromatic carbocycles. The Morgan fingerprint density at radius 3 is 3.21 bits per heavy atom. The summed E-state index contributed by atoms with van der Waals surface area (Å²) in [6.07, 6.45) is 3.93. The molecule has 0 saturated carbocycles. The molecule has 128 valence electrons. The van der Waals surface area contributed by atoms with Crippen LogP contribution in [-0.2, 0) is 22.7 Å². The molecule has 1 atom stereocenters. The van der Waals surface area contributed by atoms with Crippen LogP contribution in [0.1, 0.15) is 24.1 Å². The number of aryl methyl sites for hydroxylation is 1. The van der Waals surface area contributed by atoms with E-state index >= 15 is 0 Å². The van der Waals surface area contributed by atoms with Crippen LogP contribution >= 0.6 is 0 Å². The zero-order valence-electron chi connectivity index (χ0n) is 13.8. The van der Waals surface area contributed by atoms with E-state index in [2.05, 4.69) is 15.6 Å². The first-order valence-corrected chi connectivity index (χ1v) is 8.16. The molecule has 1 amide bonds. The van der Waals surface area contributed by atoms with Crippen LogP contribution < -0.4 is 10.1 Å². The van der Waals surface area contributed by atoms with E-state index in [0.717, 1.165) is 30.8 Å². The molecule has 1 aliphatic rings. The average Bonchev–Trinajstić information content (AvgIpc) is 3.23. The van der Waals surface area contributed by atoms with Gasteiger partial charge in [-0.15, -0.1) is 5.10 Å². The number of aromatic nitrogens is 3. The number of hydrogen-bond donors (Lipinski definition) is 1. The van der Waals surface area contributed by atoms with Crippen molar-refractivity contribution in [3.8, 4) is 5.75 Å². The molecule has 24 heavy (non-hydrogen) atoms. The zero-order valence-corrected chi connectivity index (χ0v) is 13.8. The van der Waals surface area contributed by atoms with Crippen LogP contribution in [0.25, 0.3) is 0 Å². The molecule has 1 saturated heterocycles. The van der Waals surface area contributed by atoms with Crippen molar-refractivity contribution >= 4 is 5.91 Å². The lowest BCUT2D eigenvalue weighted by Crippen LogP contribution is -2.34. The molecule has 0 radical (unpaired) electrons. The molecule has 2 aromatic rings. The van der Waals surface area contributed by atoms with E-state index in [9.17, 15) is 4.79 Å². The molecule has 7 nitrogen and oxygen atoms in total. The molecule has 1 aromatic heterocycles. The third-order valence-corrected chi connectivity index (χ3v) is 3.82. The fraction of sp³-hybridized carbons (Fsp3) is 0.471. The molecule has 0 bridgehead atoms. The van der Waals surface area contributed by atoms with Gasteiger partial charge in [0.1, 0.15) is 24.6 Å². The van der Waals surface area contributed by atoms with Crippen LogP contribution in [0, 0.1) is 6.92 Å². The van der Waals surface area contributed by atoms with Crippen LogP contribution in [0.5, 0.6) is 5.75 Å². The number of amides is 1. The maximum absolute atomic E-state index is 11.9. The summed E-state index contributed by atoms with van der Waals surface area (Å²) in [5.74, 6) is 0.695. The summed E-state index contributed by atoms with van der Waals surface area (Å²) in [5, 5.41) is 10.9. The van der Waals surface area contributed by atoms with Crippen LogP contribution in [0.4, 0.5) is 0 Å². The highest BCUT2D eigenvalue weighted by Crippen LogP contribution is 2.13. The second kappa shape index (κ2) is 7.92. The highest BCUT2D eigenvalue weighted by Gasteiger charge is 2.16. The smallest absolute Gasteiger partial charge is 0.241 e. The summed E-state index contributed by atoms with van der Waals surface area (Å²) < 4.78 is 12.7. The van der Waals surface area contributed by atoms with Gasteiger partial charge in [-0.05, 0) is 37.5 Å². The van der Waals surface area contributed by atoms with Crippen LogP contribution in [0.3, 0.4) is 0 Å². The number of nitrogens with zero attached hydrogens (tertiary/aromatic N) is 3. The quantitative estimate of drug-likeness (QED) is 0.831. The summed E-state index contributed by atoms with van der Waals surface area (Å²) in [4.78, 5) is 11.9. The van der Waals surface area contributed by atoms with E-state index in [1.165, 1.54) is 4.68 Å². The van der Waals surface area contributed by atoms with Gasteiger partial charge in [0, 0.05) is 13.2 Å². The second-order valence-corrected chi connectivity index (χ2v) is 5.95. The Balaban J connectivity index is 1.43. The molecular weight excluding hydrogens is 308 g/mol. The van der Waals surface area contributed by atoms with Gasteiger partial charge in [-0.1, -0.05) is 17.3 Å². The average molecular weight is 330 g/mol. The van der Waals surface area contributed by atoms with Gasteiger partial charge in [-0.25, -0.2) is 4.68 Å².